The van der Waals surface area contributed by atoms with Gasteiger partial charge in [0.05, 0.1) is 4.34 Å². The van der Waals surface area contributed by atoms with Crippen LogP contribution in [0.15, 0.2) is 49.5 Å². The number of amides is 1. The molecule has 4 rings (SSSR count). The van der Waals surface area contributed by atoms with Crippen LogP contribution in [0, 0.1) is 0 Å². The van der Waals surface area contributed by atoms with Crippen LogP contribution in [0.5, 0.6) is 0 Å². The topological polar surface area (TPSA) is 105 Å². The molecule has 8 nitrogen and oxygen atoms in total. The van der Waals surface area contributed by atoms with Crippen LogP contribution in [0.4, 0.5) is 6.01 Å². The number of thiophene rings is 1. The van der Waals surface area contributed by atoms with Gasteiger partial charge in [-0.2, -0.15) is 4.31 Å². The van der Waals surface area contributed by atoms with Gasteiger partial charge in [-0.3, -0.25) is 10.1 Å². The van der Waals surface area contributed by atoms with Gasteiger partial charge in [-0.1, -0.05) is 38.7 Å². The highest BCUT2D eigenvalue weighted by Gasteiger charge is 2.40. The highest BCUT2D eigenvalue weighted by atomic mass is 79.9. The molecule has 2 aromatic heterocycles. The molecule has 152 valence electrons. The van der Waals surface area contributed by atoms with E-state index in [9.17, 15) is 13.2 Å². The van der Waals surface area contributed by atoms with E-state index in [0.717, 1.165) is 15.8 Å². The number of nitrogens with zero attached hydrogens (tertiary/aromatic N) is 3. The molecule has 3 aromatic rings. The fraction of sp³-hybridized carbons (Fsp3) is 0.235. The van der Waals surface area contributed by atoms with E-state index in [1.165, 1.54) is 16.4 Å². The molecular weight excluding hydrogens is 504 g/mol. The van der Waals surface area contributed by atoms with E-state index >= 15 is 0 Å². The predicted molar refractivity (Wildman–Crippen MR) is 112 cm³/mol. The van der Waals surface area contributed by atoms with Crippen LogP contribution in [0.25, 0.3) is 11.5 Å². The first-order chi connectivity index (χ1) is 13.8. The number of aromatic nitrogens is 2. The molecule has 1 aromatic carbocycles. The number of benzene rings is 1. The zero-order valence-electron chi connectivity index (χ0n) is 14.7. The van der Waals surface area contributed by atoms with Crippen LogP contribution in [0.1, 0.15) is 12.8 Å². The molecule has 29 heavy (non-hydrogen) atoms. The highest BCUT2D eigenvalue weighted by molar-refractivity contribution is 9.10. The summed E-state index contributed by atoms with van der Waals surface area (Å²) in [5, 5.41) is 10.3. The van der Waals surface area contributed by atoms with E-state index < -0.39 is 22.0 Å². The summed E-state index contributed by atoms with van der Waals surface area (Å²) in [6, 6.07) is 9.29. The Morgan fingerprint density at radius 3 is 2.86 bits per heavy atom. The lowest BCUT2D eigenvalue weighted by Gasteiger charge is -2.21. The van der Waals surface area contributed by atoms with Crippen LogP contribution in [-0.4, -0.2) is 41.4 Å². The molecule has 1 aliphatic heterocycles. The maximum atomic E-state index is 12.9. The summed E-state index contributed by atoms with van der Waals surface area (Å²) in [6.07, 6.45) is 0.973. The molecular formula is C17H14BrClN4O4S2. The number of rotatable bonds is 5. The van der Waals surface area contributed by atoms with E-state index in [1.807, 2.05) is 12.1 Å². The minimum Gasteiger partial charge on any atom is -0.403 e. The molecule has 12 heteroatoms. The molecule has 1 saturated heterocycles. The Labute approximate surface area is 184 Å². The molecule has 1 unspecified atom stereocenters. The van der Waals surface area contributed by atoms with E-state index in [-0.39, 0.29) is 22.7 Å². The summed E-state index contributed by atoms with van der Waals surface area (Å²) in [6.45, 7) is 0.253. The lowest BCUT2D eigenvalue weighted by molar-refractivity contribution is -0.119. The second-order valence-corrected chi connectivity index (χ2v) is 11.0. The summed E-state index contributed by atoms with van der Waals surface area (Å²) in [7, 11) is -3.81. The van der Waals surface area contributed by atoms with E-state index in [2.05, 4.69) is 31.4 Å². The van der Waals surface area contributed by atoms with Crippen LogP contribution in [-0.2, 0) is 14.8 Å². The number of carbonyl (C=O) groups is 1. The summed E-state index contributed by atoms with van der Waals surface area (Å²) >= 11 is 10.2. The first kappa shape index (κ1) is 20.5. The van der Waals surface area contributed by atoms with E-state index in [4.69, 9.17) is 16.0 Å². The molecule has 3 heterocycles. The lowest BCUT2D eigenvalue weighted by atomic mass is 10.2. The Morgan fingerprint density at radius 1 is 1.31 bits per heavy atom. The predicted octanol–water partition coefficient (Wildman–Crippen LogP) is 4.01. The van der Waals surface area contributed by atoms with Crippen molar-refractivity contribution in [3.8, 4) is 11.5 Å². The first-order valence-corrected chi connectivity index (χ1v) is 11.9. The molecule has 1 N–H and O–H groups in total. The SMILES string of the molecule is O=C(Nc1nnc(-c2cccc(Br)c2)o1)C1CCCN1S(=O)(=O)c1ccc(Cl)s1. The van der Waals surface area contributed by atoms with Gasteiger partial charge in [-0.05, 0) is 43.2 Å². The van der Waals surface area contributed by atoms with Gasteiger partial charge in [-0.15, -0.1) is 16.4 Å². The minimum absolute atomic E-state index is 0.0895. The Balaban J connectivity index is 1.51. The average Bonchev–Trinajstić information content (AvgIpc) is 3.42. The van der Waals surface area contributed by atoms with Crippen molar-refractivity contribution in [3.63, 3.8) is 0 Å². The van der Waals surface area contributed by atoms with Gasteiger partial charge in [0.2, 0.25) is 11.8 Å². The minimum atomic E-state index is -3.81. The smallest absolute Gasteiger partial charge is 0.322 e. The number of anilines is 1. The molecule has 0 saturated carbocycles. The lowest BCUT2D eigenvalue weighted by Crippen LogP contribution is -2.42. The van der Waals surface area contributed by atoms with E-state index in [0.29, 0.717) is 22.7 Å². The largest absolute Gasteiger partial charge is 0.403 e. The van der Waals surface area contributed by atoms with Crippen molar-refractivity contribution in [1.29, 1.82) is 0 Å². The van der Waals surface area contributed by atoms with Gasteiger partial charge < -0.3 is 4.42 Å². The van der Waals surface area contributed by atoms with Gasteiger partial charge in [0.15, 0.2) is 0 Å². The van der Waals surface area contributed by atoms with Crippen molar-refractivity contribution in [1.82, 2.24) is 14.5 Å². The van der Waals surface area contributed by atoms with Crippen LogP contribution >= 0.6 is 38.9 Å². The molecule has 1 amide bonds. The molecule has 0 spiro atoms. The second-order valence-electron chi connectivity index (χ2n) is 6.24. The zero-order chi connectivity index (χ0) is 20.6. The molecule has 1 fully saturated rings. The van der Waals surface area contributed by atoms with Crippen LogP contribution < -0.4 is 5.32 Å². The highest BCUT2D eigenvalue weighted by Crippen LogP contribution is 2.32. The molecule has 1 aliphatic rings. The Hall–Kier alpha value is -1.79. The number of carbonyl (C=O) groups excluding carboxylic acids is 1. The van der Waals surface area contributed by atoms with Gasteiger partial charge in [0.25, 0.3) is 10.0 Å². The van der Waals surface area contributed by atoms with Crippen molar-refractivity contribution in [3.05, 3.63) is 45.2 Å². The fourth-order valence-electron chi connectivity index (χ4n) is 3.04. The Bertz CT molecular complexity index is 1160. The summed E-state index contributed by atoms with van der Waals surface area (Å²) in [5.74, 6) is -0.274. The number of halogens is 2. The monoisotopic (exact) mass is 516 g/mol. The van der Waals surface area contributed by atoms with Crippen LogP contribution in [0.2, 0.25) is 4.34 Å². The Morgan fingerprint density at radius 2 is 2.14 bits per heavy atom. The molecule has 0 bridgehead atoms. The summed E-state index contributed by atoms with van der Waals surface area (Å²) < 4.78 is 33.8. The third kappa shape index (κ3) is 4.24. The second kappa shape index (κ2) is 8.15. The molecule has 0 radical (unpaired) electrons. The van der Waals surface area contributed by atoms with Crippen molar-refractivity contribution in [2.24, 2.45) is 0 Å². The van der Waals surface area contributed by atoms with Gasteiger partial charge in [0.1, 0.15) is 10.3 Å². The normalized spacial score (nSPS) is 17.5. The quantitative estimate of drug-likeness (QED) is 0.548. The van der Waals surface area contributed by atoms with Gasteiger partial charge in [-0.25, -0.2) is 8.42 Å². The van der Waals surface area contributed by atoms with Crippen molar-refractivity contribution >= 4 is 60.8 Å². The summed E-state index contributed by atoms with van der Waals surface area (Å²) in [4.78, 5) is 12.7. The third-order valence-electron chi connectivity index (χ3n) is 4.34. The molecule has 0 aliphatic carbocycles. The summed E-state index contributed by atoms with van der Waals surface area (Å²) in [5.41, 5.74) is 0.687. The average molecular weight is 518 g/mol. The number of hydrogen-bond donors (Lipinski definition) is 1. The standard InChI is InChI=1S/C17H14BrClN4O4S2/c18-11-4-1-3-10(9-11)16-21-22-17(27-16)20-15(24)12-5-2-8-23(12)29(25,26)14-7-6-13(19)28-14/h1,3-4,6-7,9,12H,2,5,8H2,(H,20,22,24). The number of sulfonamides is 1. The number of nitrogens with one attached hydrogen (secondary N) is 1. The maximum Gasteiger partial charge on any atom is 0.322 e. The van der Waals surface area contributed by atoms with Crippen LogP contribution in [0.3, 0.4) is 0 Å². The fourth-order valence-corrected chi connectivity index (χ4v) is 6.71. The molecule has 1 atom stereocenters. The maximum absolute atomic E-state index is 12.9. The van der Waals surface area contributed by atoms with E-state index in [1.54, 1.807) is 12.1 Å². The van der Waals surface area contributed by atoms with Crippen molar-refractivity contribution in [2.75, 3.05) is 11.9 Å². The van der Waals surface area contributed by atoms with Crippen molar-refractivity contribution in [2.45, 2.75) is 23.1 Å². The zero-order valence-corrected chi connectivity index (χ0v) is 18.7. The Kier molecular flexibility index (Phi) is 5.76. The third-order valence-corrected chi connectivity index (χ3v) is 8.44. The van der Waals surface area contributed by atoms with Gasteiger partial charge in [0, 0.05) is 16.6 Å². The van der Waals surface area contributed by atoms with Crippen molar-refractivity contribution < 1.29 is 17.6 Å². The first-order valence-electron chi connectivity index (χ1n) is 8.52. The number of hydrogen-bond acceptors (Lipinski definition) is 7. The van der Waals surface area contributed by atoms with Gasteiger partial charge >= 0.3 is 6.01 Å².